The van der Waals surface area contributed by atoms with Gasteiger partial charge in [-0.3, -0.25) is 4.68 Å². The SMILES string of the molecule is Cn1ncc(Nc2ncnc(-c3ccc(O[C@H]4CCNC[C@@H]4F)c(C#N)c3)n2)c1CO. The maximum atomic E-state index is 14.1. The van der Waals surface area contributed by atoms with Crippen molar-refractivity contribution in [2.24, 2.45) is 7.05 Å². The number of nitrogens with one attached hydrogen (secondary N) is 2. The predicted molar refractivity (Wildman–Crippen MR) is 109 cm³/mol. The van der Waals surface area contributed by atoms with E-state index in [2.05, 4.69) is 36.8 Å². The molecule has 10 nitrogen and oxygen atoms in total. The molecule has 1 aliphatic rings. The summed E-state index contributed by atoms with van der Waals surface area (Å²) in [4.78, 5) is 12.7. The largest absolute Gasteiger partial charge is 0.486 e. The summed E-state index contributed by atoms with van der Waals surface area (Å²) in [6.45, 7) is 0.710. The van der Waals surface area contributed by atoms with Crippen LogP contribution in [0.3, 0.4) is 0 Å². The number of halogens is 1. The van der Waals surface area contributed by atoms with Crippen molar-refractivity contribution in [2.75, 3.05) is 18.4 Å². The minimum Gasteiger partial charge on any atom is -0.486 e. The molecule has 1 aromatic carbocycles. The molecule has 2 atom stereocenters. The van der Waals surface area contributed by atoms with Gasteiger partial charge in [0.15, 0.2) is 5.82 Å². The Bertz CT molecular complexity index is 1110. The number of nitrogens with zero attached hydrogens (tertiary/aromatic N) is 6. The van der Waals surface area contributed by atoms with Crippen molar-refractivity contribution in [2.45, 2.75) is 25.3 Å². The fourth-order valence-electron chi connectivity index (χ4n) is 3.32. The number of nitriles is 1. The number of aliphatic hydroxyl groups is 1. The predicted octanol–water partition coefficient (Wildman–Crippen LogP) is 1.46. The van der Waals surface area contributed by atoms with Crippen LogP contribution in [0.5, 0.6) is 5.75 Å². The molecule has 11 heteroatoms. The molecule has 3 N–H and O–H groups in total. The second-order valence-electron chi connectivity index (χ2n) is 7.03. The fourth-order valence-corrected chi connectivity index (χ4v) is 3.32. The summed E-state index contributed by atoms with van der Waals surface area (Å²) in [7, 11) is 1.72. The Morgan fingerprint density at radius 1 is 1.42 bits per heavy atom. The van der Waals surface area contributed by atoms with Crippen molar-refractivity contribution in [1.29, 1.82) is 5.26 Å². The van der Waals surface area contributed by atoms with E-state index in [1.54, 1.807) is 36.1 Å². The number of hydrogen-bond acceptors (Lipinski definition) is 9. The van der Waals surface area contributed by atoms with Gasteiger partial charge >= 0.3 is 0 Å². The van der Waals surface area contributed by atoms with Crippen molar-refractivity contribution < 1.29 is 14.2 Å². The van der Waals surface area contributed by atoms with Crippen LogP contribution in [0.2, 0.25) is 0 Å². The molecule has 4 rings (SSSR count). The molecule has 0 radical (unpaired) electrons. The van der Waals surface area contributed by atoms with Crippen LogP contribution in [0.15, 0.2) is 30.7 Å². The van der Waals surface area contributed by atoms with Gasteiger partial charge in [0.1, 0.15) is 30.4 Å². The Morgan fingerprint density at radius 2 is 2.29 bits per heavy atom. The zero-order valence-corrected chi connectivity index (χ0v) is 16.8. The Kier molecular flexibility index (Phi) is 6.01. The Labute approximate surface area is 177 Å². The molecule has 3 aromatic rings. The number of ether oxygens (including phenoxy) is 1. The van der Waals surface area contributed by atoms with E-state index in [1.165, 1.54) is 6.33 Å². The van der Waals surface area contributed by atoms with Crippen molar-refractivity contribution in [3.63, 3.8) is 0 Å². The van der Waals surface area contributed by atoms with E-state index in [9.17, 15) is 14.8 Å². The van der Waals surface area contributed by atoms with E-state index in [0.29, 0.717) is 41.5 Å². The molecule has 1 fully saturated rings. The first-order valence-electron chi connectivity index (χ1n) is 9.72. The Morgan fingerprint density at radius 3 is 3.06 bits per heavy atom. The highest BCUT2D eigenvalue weighted by Crippen LogP contribution is 2.27. The monoisotopic (exact) mass is 424 g/mol. The topological polar surface area (TPSA) is 134 Å². The third-order valence-electron chi connectivity index (χ3n) is 5.01. The smallest absolute Gasteiger partial charge is 0.230 e. The van der Waals surface area contributed by atoms with Gasteiger partial charge in [-0.1, -0.05) is 0 Å². The Hall–Kier alpha value is -3.62. The lowest BCUT2D eigenvalue weighted by Crippen LogP contribution is -2.44. The van der Waals surface area contributed by atoms with Gasteiger partial charge in [0.2, 0.25) is 5.95 Å². The van der Waals surface area contributed by atoms with E-state index >= 15 is 0 Å². The zero-order valence-electron chi connectivity index (χ0n) is 16.8. The number of aliphatic hydroxyl groups excluding tert-OH is 1. The number of anilines is 2. The third-order valence-corrected chi connectivity index (χ3v) is 5.01. The third kappa shape index (κ3) is 4.45. The van der Waals surface area contributed by atoms with Crippen molar-refractivity contribution in [3.05, 3.63) is 42.0 Å². The summed E-state index contributed by atoms with van der Waals surface area (Å²) >= 11 is 0. The molecule has 1 saturated heterocycles. The molecular weight excluding hydrogens is 403 g/mol. The van der Waals surface area contributed by atoms with Crippen LogP contribution in [-0.2, 0) is 13.7 Å². The molecule has 0 amide bonds. The highest BCUT2D eigenvalue weighted by molar-refractivity contribution is 5.63. The standard InChI is InChI=1S/C20H21FN8O2/c1-29-16(10-30)15(9-26-29)27-20-25-11-24-19(28-20)12-2-3-17(13(6-12)7-22)31-18-4-5-23-8-14(18)21/h2-3,6,9,11,14,18,23,30H,4-5,8,10H2,1H3,(H,24,25,27,28)/t14-,18-/m0/s1. The van der Waals surface area contributed by atoms with E-state index < -0.39 is 12.3 Å². The molecule has 31 heavy (non-hydrogen) atoms. The van der Waals surface area contributed by atoms with E-state index in [4.69, 9.17) is 4.74 Å². The highest BCUT2D eigenvalue weighted by atomic mass is 19.1. The van der Waals surface area contributed by atoms with Crippen LogP contribution in [0, 0.1) is 11.3 Å². The van der Waals surface area contributed by atoms with Gasteiger partial charge in [-0.25, -0.2) is 14.4 Å². The first kappa shape index (κ1) is 20.6. The number of aromatic nitrogens is 5. The minimum absolute atomic E-state index is 0.194. The lowest BCUT2D eigenvalue weighted by atomic mass is 10.1. The van der Waals surface area contributed by atoms with Gasteiger partial charge in [-0.2, -0.15) is 15.3 Å². The molecular formula is C20H21FN8O2. The van der Waals surface area contributed by atoms with Crippen LogP contribution < -0.4 is 15.4 Å². The first-order chi connectivity index (χ1) is 15.1. The molecule has 0 saturated carbocycles. The van der Waals surface area contributed by atoms with Gasteiger partial charge in [0.05, 0.1) is 29.7 Å². The quantitative estimate of drug-likeness (QED) is 0.537. The Balaban J connectivity index is 1.57. The second kappa shape index (κ2) is 9.03. The molecule has 0 unspecified atom stereocenters. The molecule has 0 spiro atoms. The summed E-state index contributed by atoms with van der Waals surface area (Å²) in [6.07, 6.45) is 1.72. The molecule has 160 valence electrons. The summed E-state index contributed by atoms with van der Waals surface area (Å²) in [6, 6.07) is 7.04. The van der Waals surface area contributed by atoms with Crippen LogP contribution in [0.4, 0.5) is 16.0 Å². The van der Waals surface area contributed by atoms with E-state index in [1.807, 2.05) is 0 Å². The fraction of sp³-hybridized carbons (Fsp3) is 0.350. The van der Waals surface area contributed by atoms with Crippen molar-refractivity contribution in [3.8, 4) is 23.2 Å². The number of alkyl halides is 1. The maximum Gasteiger partial charge on any atom is 0.230 e. The maximum absolute atomic E-state index is 14.1. The molecule has 0 aliphatic carbocycles. The summed E-state index contributed by atoms with van der Waals surface area (Å²) in [5, 5.41) is 29.1. The molecule has 0 bridgehead atoms. The minimum atomic E-state index is -1.13. The van der Waals surface area contributed by atoms with Gasteiger partial charge in [-0.15, -0.1) is 0 Å². The van der Waals surface area contributed by atoms with Crippen molar-refractivity contribution in [1.82, 2.24) is 30.0 Å². The van der Waals surface area contributed by atoms with Crippen LogP contribution in [0.1, 0.15) is 17.7 Å². The van der Waals surface area contributed by atoms with Gasteiger partial charge < -0.3 is 20.5 Å². The number of piperidine rings is 1. The van der Waals surface area contributed by atoms with Crippen LogP contribution in [0.25, 0.3) is 11.4 Å². The second-order valence-corrected chi connectivity index (χ2v) is 7.03. The van der Waals surface area contributed by atoms with E-state index in [-0.39, 0.29) is 24.7 Å². The number of benzene rings is 1. The number of hydrogen-bond donors (Lipinski definition) is 3. The number of aryl methyl sites for hydroxylation is 1. The van der Waals surface area contributed by atoms with Gasteiger partial charge in [0.25, 0.3) is 0 Å². The zero-order chi connectivity index (χ0) is 21.8. The van der Waals surface area contributed by atoms with Gasteiger partial charge in [0, 0.05) is 19.2 Å². The summed E-state index contributed by atoms with van der Waals surface area (Å²) in [5.74, 6) is 0.942. The van der Waals surface area contributed by atoms with Crippen LogP contribution in [-0.4, -0.2) is 55.2 Å². The molecule has 3 heterocycles. The lowest BCUT2D eigenvalue weighted by Gasteiger charge is -2.27. The van der Waals surface area contributed by atoms with Crippen LogP contribution >= 0.6 is 0 Å². The van der Waals surface area contributed by atoms with E-state index in [0.717, 1.165) is 0 Å². The normalized spacial score (nSPS) is 18.4. The summed E-state index contributed by atoms with van der Waals surface area (Å²) < 4.78 is 21.4. The molecule has 1 aliphatic heterocycles. The summed E-state index contributed by atoms with van der Waals surface area (Å²) in [5.41, 5.74) is 2.02. The first-order valence-corrected chi connectivity index (χ1v) is 9.72. The highest BCUT2D eigenvalue weighted by Gasteiger charge is 2.27. The average Bonchev–Trinajstić information content (AvgIpc) is 3.14. The average molecular weight is 424 g/mol. The van der Waals surface area contributed by atoms with Gasteiger partial charge in [-0.05, 0) is 31.2 Å². The molecule has 2 aromatic heterocycles. The van der Waals surface area contributed by atoms with Crippen molar-refractivity contribution >= 4 is 11.6 Å². The number of rotatable bonds is 6. The lowest BCUT2D eigenvalue weighted by molar-refractivity contribution is 0.0729.